The first-order chi connectivity index (χ1) is 5.79. The highest BCUT2D eigenvalue weighted by atomic mass is 16.7. The van der Waals surface area contributed by atoms with Crippen LogP contribution in [0, 0.1) is 11.3 Å². The molecule has 0 aliphatic rings. The first kappa shape index (κ1) is 8.50. The van der Waals surface area contributed by atoms with Gasteiger partial charge in [0.25, 0.3) is 0 Å². The lowest BCUT2D eigenvalue weighted by Crippen LogP contribution is -2.15. The summed E-state index contributed by atoms with van der Waals surface area (Å²) in [5, 5.41) is 10.2. The second kappa shape index (κ2) is 3.69. The molecule has 0 radical (unpaired) electrons. The van der Waals surface area contributed by atoms with Gasteiger partial charge in [-0.3, -0.25) is 14.9 Å². The number of rotatable bonds is 2. The van der Waals surface area contributed by atoms with Gasteiger partial charge in [0.1, 0.15) is 6.07 Å². The van der Waals surface area contributed by atoms with Crippen LogP contribution < -0.4 is 5.06 Å². The molecule has 62 valence electrons. The SMILES string of the molecule is CON(C)c1ccncc1C#N. The molecule has 0 atom stereocenters. The maximum absolute atomic E-state index is 8.69. The van der Waals surface area contributed by atoms with Gasteiger partial charge in [-0.25, -0.2) is 0 Å². The van der Waals surface area contributed by atoms with Gasteiger partial charge in [-0.15, -0.1) is 0 Å². The molecule has 12 heavy (non-hydrogen) atoms. The number of aromatic nitrogens is 1. The molecule has 0 saturated heterocycles. The van der Waals surface area contributed by atoms with Gasteiger partial charge in [-0.2, -0.15) is 5.26 Å². The van der Waals surface area contributed by atoms with Crippen LogP contribution in [-0.2, 0) is 4.84 Å². The zero-order chi connectivity index (χ0) is 8.97. The Balaban J connectivity index is 3.07. The fraction of sp³-hybridized carbons (Fsp3) is 0.250. The van der Waals surface area contributed by atoms with Gasteiger partial charge < -0.3 is 0 Å². The molecular formula is C8H9N3O. The van der Waals surface area contributed by atoms with Crippen LogP contribution in [0.25, 0.3) is 0 Å². The molecular weight excluding hydrogens is 154 g/mol. The summed E-state index contributed by atoms with van der Waals surface area (Å²) in [4.78, 5) is 8.76. The average Bonchev–Trinajstić information content (AvgIpc) is 2.16. The summed E-state index contributed by atoms with van der Waals surface area (Å²) in [5.41, 5.74) is 1.22. The Bertz CT molecular complexity index is 305. The molecule has 0 bridgehead atoms. The summed E-state index contributed by atoms with van der Waals surface area (Å²) >= 11 is 0. The molecule has 0 aromatic carbocycles. The Morgan fingerprint density at radius 1 is 1.67 bits per heavy atom. The largest absolute Gasteiger partial charge is 0.277 e. The predicted molar refractivity (Wildman–Crippen MR) is 44.4 cm³/mol. The third-order valence-corrected chi connectivity index (χ3v) is 1.53. The number of pyridine rings is 1. The number of anilines is 1. The van der Waals surface area contributed by atoms with Crippen molar-refractivity contribution < 1.29 is 4.84 Å². The Kier molecular flexibility index (Phi) is 2.62. The van der Waals surface area contributed by atoms with E-state index in [0.29, 0.717) is 5.56 Å². The minimum atomic E-state index is 0.502. The fourth-order valence-electron chi connectivity index (χ4n) is 0.846. The van der Waals surface area contributed by atoms with E-state index in [1.165, 1.54) is 11.3 Å². The summed E-state index contributed by atoms with van der Waals surface area (Å²) < 4.78 is 0. The van der Waals surface area contributed by atoms with Crippen LogP contribution in [0.1, 0.15) is 5.56 Å². The van der Waals surface area contributed by atoms with Gasteiger partial charge >= 0.3 is 0 Å². The monoisotopic (exact) mass is 163 g/mol. The molecule has 1 aromatic heterocycles. The predicted octanol–water partition coefficient (Wildman–Crippen LogP) is 0.951. The van der Waals surface area contributed by atoms with Crippen LogP contribution in [0.2, 0.25) is 0 Å². The van der Waals surface area contributed by atoms with Gasteiger partial charge in [0.05, 0.1) is 18.4 Å². The van der Waals surface area contributed by atoms with Crippen LogP contribution in [-0.4, -0.2) is 19.1 Å². The second-order valence-corrected chi connectivity index (χ2v) is 2.18. The van der Waals surface area contributed by atoms with Gasteiger partial charge in [-0.1, -0.05) is 0 Å². The number of hydrogen-bond acceptors (Lipinski definition) is 4. The standard InChI is InChI=1S/C8H9N3O/c1-11(12-2)8-3-4-10-6-7(8)5-9/h3-4,6H,1-2H3. The molecule has 0 spiro atoms. The topological polar surface area (TPSA) is 49.1 Å². The zero-order valence-electron chi connectivity index (χ0n) is 6.98. The zero-order valence-corrected chi connectivity index (χ0v) is 6.98. The van der Waals surface area contributed by atoms with E-state index in [1.807, 2.05) is 6.07 Å². The lowest BCUT2D eigenvalue weighted by Gasteiger charge is -2.15. The first-order valence-corrected chi connectivity index (χ1v) is 3.41. The van der Waals surface area contributed by atoms with Crippen LogP contribution in [0.4, 0.5) is 5.69 Å². The van der Waals surface area contributed by atoms with Crippen LogP contribution in [0.5, 0.6) is 0 Å². The molecule has 0 aliphatic heterocycles. The second-order valence-electron chi connectivity index (χ2n) is 2.18. The molecule has 4 heteroatoms. The van der Waals surface area contributed by atoms with Crippen LogP contribution in [0.15, 0.2) is 18.5 Å². The summed E-state index contributed by atoms with van der Waals surface area (Å²) in [6.07, 6.45) is 3.12. The molecule has 1 aromatic rings. The van der Waals surface area contributed by atoms with Crippen molar-refractivity contribution in [1.82, 2.24) is 4.98 Å². The summed E-state index contributed by atoms with van der Waals surface area (Å²) in [5.74, 6) is 0. The van der Waals surface area contributed by atoms with Gasteiger partial charge in [0.2, 0.25) is 0 Å². The maximum atomic E-state index is 8.69. The molecule has 4 nitrogen and oxygen atoms in total. The molecule has 0 fully saturated rings. The van der Waals surface area contributed by atoms with Crippen molar-refractivity contribution in [3.63, 3.8) is 0 Å². The van der Waals surface area contributed by atoms with Crippen molar-refractivity contribution in [1.29, 1.82) is 5.26 Å². The minimum Gasteiger partial charge on any atom is -0.277 e. The Morgan fingerprint density at radius 2 is 2.42 bits per heavy atom. The lowest BCUT2D eigenvalue weighted by atomic mass is 10.2. The highest BCUT2D eigenvalue weighted by molar-refractivity contribution is 5.55. The molecule has 0 saturated carbocycles. The number of hydroxylamine groups is 1. The van der Waals surface area contributed by atoms with E-state index in [2.05, 4.69) is 4.98 Å². The van der Waals surface area contributed by atoms with Crippen molar-refractivity contribution in [2.45, 2.75) is 0 Å². The summed E-state index contributed by atoms with van der Waals surface area (Å²) in [6, 6.07) is 3.75. The maximum Gasteiger partial charge on any atom is 0.103 e. The summed E-state index contributed by atoms with van der Waals surface area (Å²) in [6.45, 7) is 0. The fourth-order valence-corrected chi connectivity index (χ4v) is 0.846. The lowest BCUT2D eigenvalue weighted by molar-refractivity contribution is 0.184. The molecule has 0 amide bonds. The van der Waals surface area contributed by atoms with Crippen molar-refractivity contribution in [2.24, 2.45) is 0 Å². The van der Waals surface area contributed by atoms with Gasteiger partial charge in [-0.05, 0) is 6.07 Å². The minimum absolute atomic E-state index is 0.502. The van der Waals surface area contributed by atoms with Crippen molar-refractivity contribution in [3.8, 4) is 6.07 Å². The first-order valence-electron chi connectivity index (χ1n) is 3.41. The normalized spacial score (nSPS) is 9.08. The summed E-state index contributed by atoms with van der Waals surface area (Å²) in [7, 11) is 3.28. The number of nitriles is 1. The van der Waals surface area contributed by atoms with E-state index >= 15 is 0 Å². The molecule has 1 rings (SSSR count). The van der Waals surface area contributed by atoms with E-state index in [0.717, 1.165) is 5.69 Å². The Labute approximate surface area is 71.0 Å². The molecule has 0 aliphatic carbocycles. The van der Waals surface area contributed by atoms with Crippen molar-refractivity contribution in [3.05, 3.63) is 24.0 Å². The third-order valence-electron chi connectivity index (χ3n) is 1.53. The quantitative estimate of drug-likeness (QED) is 0.609. The highest BCUT2D eigenvalue weighted by Gasteiger charge is 2.04. The number of nitrogens with zero attached hydrogens (tertiary/aromatic N) is 3. The van der Waals surface area contributed by atoms with E-state index in [9.17, 15) is 0 Å². The van der Waals surface area contributed by atoms with Crippen LogP contribution >= 0.6 is 0 Å². The van der Waals surface area contributed by atoms with E-state index < -0.39 is 0 Å². The molecule has 1 heterocycles. The van der Waals surface area contributed by atoms with Gasteiger partial charge in [0.15, 0.2) is 0 Å². The van der Waals surface area contributed by atoms with Crippen molar-refractivity contribution in [2.75, 3.05) is 19.2 Å². The Hall–Kier alpha value is -1.60. The van der Waals surface area contributed by atoms with Crippen molar-refractivity contribution >= 4 is 5.69 Å². The van der Waals surface area contributed by atoms with E-state index in [4.69, 9.17) is 10.1 Å². The number of hydrogen-bond donors (Lipinski definition) is 0. The molecule has 0 N–H and O–H groups in total. The van der Waals surface area contributed by atoms with E-state index in [-0.39, 0.29) is 0 Å². The third kappa shape index (κ3) is 1.52. The Morgan fingerprint density at radius 3 is 3.00 bits per heavy atom. The smallest absolute Gasteiger partial charge is 0.103 e. The van der Waals surface area contributed by atoms with E-state index in [1.54, 1.807) is 26.4 Å². The van der Waals surface area contributed by atoms with Crippen LogP contribution in [0.3, 0.4) is 0 Å². The van der Waals surface area contributed by atoms with Gasteiger partial charge in [0, 0.05) is 19.4 Å². The molecule has 0 unspecified atom stereocenters. The highest BCUT2D eigenvalue weighted by Crippen LogP contribution is 2.15. The average molecular weight is 163 g/mol.